The molecule has 1 unspecified atom stereocenters. The molecular weight excluding hydrogens is 348 g/mol. The summed E-state index contributed by atoms with van der Waals surface area (Å²) in [5.41, 5.74) is 0.382. The van der Waals surface area contributed by atoms with Gasteiger partial charge in [0.1, 0.15) is 11.8 Å². The highest BCUT2D eigenvalue weighted by molar-refractivity contribution is 6.01. The van der Waals surface area contributed by atoms with Crippen LogP contribution in [-0.4, -0.2) is 55.0 Å². The number of piperazine rings is 1. The van der Waals surface area contributed by atoms with Gasteiger partial charge in [0.15, 0.2) is 0 Å². The number of para-hydroxylation sites is 1. The van der Waals surface area contributed by atoms with E-state index in [0.717, 1.165) is 6.42 Å². The molecule has 1 atom stereocenters. The Kier molecular flexibility index (Phi) is 7.64. The Hall–Kier alpha value is -2.57. The van der Waals surface area contributed by atoms with Crippen LogP contribution >= 0.6 is 0 Å². The molecule has 0 saturated carbocycles. The van der Waals surface area contributed by atoms with E-state index in [1.807, 2.05) is 20.8 Å². The van der Waals surface area contributed by atoms with E-state index in [9.17, 15) is 14.4 Å². The van der Waals surface area contributed by atoms with Gasteiger partial charge in [-0.25, -0.2) is 0 Å². The summed E-state index contributed by atoms with van der Waals surface area (Å²) in [6, 6.07) is 6.03. The van der Waals surface area contributed by atoms with E-state index in [0.29, 0.717) is 43.5 Å². The third-order valence-electron chi connectivity index (χ3n) is 4.33. The van der Waals surface area contributed by atoms with Crippen LogP contribution in [0.2, 0.25) is 0 Å². The minimum Gasteiger partial charge on any atom is -0.493 e. The van der Waals surface area contributed by atoms with Crippen LogP contribution in [0.1, 0.15) is 44.0 Å². The van der Waals surface area contributed by atoms with E-state index in [1.54, 1.807) is 24.3 Å². The standard InChI is InChI=1S/C20H28N2O5/c1-4-26-17-8-6-5-7-15(17)20(25)22-11-10-21-19(24)16(22)13-18(23)27-12-9-14(2)3/h5-8,14,16H,4,9-13H2,1-3H3,(H,21,24). The number of ether oxygens (including phenoxy) is 2. The van der Waals surface area contributed by atoms with Crippen molar-refractivity contribution >= 4 is 17.8 Å². The first-order valence-electron chi connectivity index (χ1n) is 9.40. The van der Waals surface area contributed by atoms with Crippen molar-refractivity contribution in [2.75, 3.05) is 26.3 Å². The number of hydrogen-bond donors (Lipinski definition) is 1. The third-order valence-corrected chi connectivity index (χ3v) is 4.33. The Balaban J connectivity index is 2.12. The lowest BCUT2D eigenvalue weighted by molar-refractivity contribution is -0.148. The second kappa shape index (κ2) is 9.94. The van der Waals surface area contributed by atoms with Crippen LogP contribution in [0.25, 0.3) is 0 Å². The molecule has 1 aliphatic rings. The molecule has 7 nitrogen and oxygen atoms in total. The van der Waals surface area contributed by atoms with Crippen molar-refractivity contribution in [2.45, 2.75) is 39.7 Å². The van der Waals surface area contributed by atoms with Crippen molar-refractivity contribution in [2.24, 2.45) is 5.92 Å². The fraction of sp³-hybridized carbons (Fsp3) is 0.550. The molecule has 1 heterocycles. The summed E-state index contributed by atoms with van der Waals surface area (Å²) >= 11 is 0. The minimum atomic E-state index is -0.882. The van der Waals surface area contributed by atoms with Gasteiger partial charge in [-0.1, -0.05) is 26.0 Å². The van der Waals surface area contributed by atoms with Crippen LogP contribution in [0, 0.1) is 5.92 Å². The van der Waals surface area contributed by atoms with Gasteiger partial charge in [-0.3, -0.25) is 14.4 Å². The minimum absolute atomic E-state index is 0.160. The molecule has 0 spiro atoms. The highest BCUT2D eigenvalue weighted by atomic mass is 16.5. The number of benzene rings is 1. The maximum absolute atomic E-state index is 13.0. The van der Waals surface area contributed by atoms with Crippen LogP contribution in [0.3, 0.4) is 0 Å². The van der Waals surface area contributed by atoms with E-state index >= 15 is 0 Å². The Morgan fingerprint density at radius 2 is 2.04 bits per heavy atom. The molecule has 2 amide bonds. The van der Waals surface area contributed by atoms with Crippen molar-refractivity contribution in [3.8, 4) is 5.75 Å². The van der Waals surface area contributed by atoms with Crippen LogP contribution in [0.5, 0.6) is 5.75 Å². The molecule has 148 valence electrons. The highest BCUT2D eigenvalue weighted by Gasteiger charge is 2.36. The van der Waals surface area contributed by atoms with Crippen molar-refractivity contribution in [1.29, 1.82) is 0 Å². The number of esters is 1. The zero-order valence-corrected chi connectivity index (χ0v) is 16.2. The molecule has 1 fully saturated rings. The Bertz CT molecular complexity index is 674. The number of rotatable bonds is 8. The van der Waals surface area contributed by atoms with Gasteiger partial charge in [0.05, 0.1) is 25.2 Å². The van der Waals surface area contributed by atoms with Gasteiger partial charge < -0.3 is 19.7 Å². The predicted molar refractivity (Wildman–Crippen MR) is 100 cm³/mol. The number of amides is 2. The Morgan fingerprint density at radius 1 is 1.30 bits per heavy atom. The Morgan fingerprint density at radius 3 is 2.74 bits per heavy atom. The van der Waals surface area contributed by atoms with Crippen LogP contribution in [-0.2, 0) is 14.3 Å². The molecule has 0 bridgehead atoms. The lowest BCUT2D eigenvalue weighted by Gasteiger charge is -2.34. The van der Waals surface area contributed by atoms with Crippen LogP contribution in [0.15, 0.2) is 24.3 Å². The SMILES string of the molecule is CCOc1ccccc1C(=O)N1CCNC(=O)C1CC(=O)OCCC(C)C. The van der Waals surface area contributed by atoms with E-state index in [4.69, 9.17) is 9.47 Å². The topological polar surface area (TPSA) is 84.9 Å². The first kappa shape index (κ1) is 20.7. The summed E-state index contributed by atoms with van der Waals surface area (Å²) in [5.74, 6) is -0.259. The van der Waals surface area contributed by atoms with Gasteiger partial charge in [0.25, 0.3) is 5.91 Å². The molecule has 1 N–H and O–H groups in total. The zero-order chi connectivity index (χ0) is 19.8. The summed E-state index contributed by atoms with van der Waals surface area (Å²) in [5, 5.41) is 2.72. The molecule has 0 aliphatic carbocycles. The quantitative estimate of drug-likeness (QED) is 0.702. The second-order valence-electron chi connectivity index (χ2n) is 6.84. The van der Waals surface area contributed by atoms with Crippen molar-refractivity contribution in [1.82, 2.24) is 10.2 Å². The molecule has 27 heavy (non-hydrogen) atoms. The third kappa shape index (κ3) is 5.70. The molecule has 1 aromatic carbocycles. The van der Waals surface area contributed by atoms with E-state index < -0.39 is 12.0 Å². The highest BCUT2D eigenvalue weighted by Crippen LogP contribution is 2.22. The molecule has 7 heteroatoms. The lowest BCUT2D eigenvalue weighted by Crippen LogP contribution is -2.57. The maximum Gasteiger partial charge on any atom is 0.308 e. The van der Waals surface area contributed by atoms with Crippen LogP contribution in [0.4, 0.5) is 0 Å². The summed E-state index contributed by atoms with van der Waals surface area (Å²) < 4.78 is 10.7. The van der Waals surface area contributed by atoms with Gasteiger partial charge >= 0.3 is 5.97 Å². The van der Waals surface area contributed by atoms with Crippen LogP contribution < -0.4 is 10.1 Å². The Labute approximate surface area is 160 Å². The van der Waals surface area contributed by atoms with Crippen molar-refractivity contribution in [3.05, 3.63) is 29.8 Å². The molecule has 0 aromatic heterocycles. The lowest BCUT2D eigenvalue weighted by atomic mass is 10.1. The fourth-order valence-corrected chi connectivity index (χ4v) is 2.87. The van der Waals surface area contributed by atoms with Gasteiger partial charge in [-0.2, -0.15) is 0 Å². The van der Waals surface area contributed by atoms with Gasteiger partial charge in [0, 0.05) is 13.1 Å². The van der Waals surface area contributed by atoms with E-state index in [-0.39, 0.29) is 18.2 Å². The summed E-state index contributed by atoms with van der Waals surface area (Å²) in [6.45, 7) is 7.33. The number of nitrogens with one attached hydrogen (secondary N) is 1. The van der Waals surface area contributed by atoms with E-state index in [2.05, 4.69) is 5.32 Å². The average molecular weight is 376 g/mol. The smallest absolute Gasteiger partial charge is 0.308 e. The number of carbonyl (C=O) groups is 3. The number of carbonyl (C=O) groups excluding carboxylic acids is 3. The van der Waals surface area contributed by atoms with Crippen molar-refractivity contribution in [3.63, 3.8) is 0 Å². The first-order valence-corrected chi connectivity index (χ1v) is 9.40. The van der Waals surface area contributed by atoms with Gasteiger partial charge in [0.2, 0.25) is 5.91 Å². The van der Waals surface area contributed by atoms with E-state index in [1.165, 1.54) is 4.90 Å². The number of nitrogens with zero attached hydrogens (tertiary/aromatic N) is 1. The summed E-state index contributed by atoms with van der Waals surface area (Å²) in [7, 11) is 0. The maximum atomic E-state index is 13.0. The zero-order valence-electron chi connectivity index (χ0n) is 16.2. The molecule has 2 rings (SSSR count). The molecular formula is C20H28N2O5. The normalized spacial score (nSPS) is 16.8. The fourth-order valence-electron chi connectivity index (χ4n) is 2.87. The summed E-state index contributed by atoms with van der Waals surface area (Å²) in [6.07, 6.45) is 0.597. The number of hydrogen-bond acceptors (Lipinski definition) is 5. The second-order valence-corrected chi connectivity index (χ2v) is 6.84. The first-order chi connectivity index (χ1) is 12.9. The van der Waals surface area contributed by atoms with Gasteiger partial charge in [-0.15, -0.1) is 0 Å². The predicted octanol–water partition coefficient (Wildman–Crippen LogP) is 2.01. The van der Waals surface area contributed by atoms with Gasteiger partial charge in [-0.05, 0) is 31.4 Å². The molecule has 0 radical (unpaired) electrons. The average Bonchev–Trinajstić information content (AvgIpc) is 2.63. The molecule has 1 aliphatic heterocycles. The molecule has 1 saturated heterocycles. The van der Waals surface area contributed by atoms with Crippen molar-refractivity contribution < 1.29 is 23.9 Å². The molecule has 1 aromatic rings. The monoisotopic (exact) mass is 376 g/mol. The summed E-state index contributed by atoms with van der Waals surface area (Å²) in [4.78, 5) is 39.0. The largest absolute Gasteiger partial charge is 0.493 e.